The van der Waals surface area contributed by atoms with Gasteiger partial charge in [0.1, 0.15) is 0 Å². The van der Waals surface area contributed by atoms with Crippen molar-refractivity contribution in [2.75, 3.05) is 45.2 Å². The fourth-order valence-electron chi connectivity index (χ4n) is 3.73. The first-order valence-corrected chi connectivity index (χ1v) is 9.12. The van der Waals surface area contributed by atoms with Crippen LogP contribution in [0.25, 0.3) is 6.08 Å². The number of hydrogen-bond acceptors (Lipinski definition) is 3. The van der Waals surface area contributed by atoms with Crippen molar-refractivity contribution < 1.29 is 4.79 Å². The molecule has 2 heterocycles. The summed E-state index contributed by atoms with van der Waals surface area (Å²) in [5, 5.41) is 0. The average molecular weight is 327 g/mol. The molecule has 1 atom stereocenters. The summed E-state index contributed by atoms with van der Waals surface area (Å²) >= 11 is 0. The number of benzene rings is 1. The maximum atomic E-state index is 12.6. The number of hydrogen-bond donors (Lipinski definition) is 0. The maximum Gasteiger partial charge on any atom is 0.246 e. The van der Waals surface area contributed by atoms with Crippen LogP contribution in [-0.4, -0.2) is 62.0 Å². The van der Waals surface area contributed by atoms with Crippen molar-refractivity contribution in [3.05, 3.63) is 35.9 Å². The molecule has 4 heteroatoms. The van der Waals surface area contributed by atoms with Gasteiger partial charge in [-0.25, -0.2) is 0 Å². The highest BCUT2D eigenvalue weighted by molar-refractivity contribution is 5.92. The van der Waals surface area contributed by atoms with Crippen LogP contribution in [0.3, 0.4) is 0 Å². The molecule has 1 unspecified atom stereocenters. The molecule has 2 aliphatic heterocycles. The molecule has 2 aliphatic rings. The SMILES string of the molecule is CN(C)c1ccc(/C=C/C(=O)N2CCCC2CN2CCCC2)cc1. The minimum Gasteiger partial charge on any atom is -0.378 e. The Morgan fingerprint density at radius 2 is 1.83 bits per heavy atom. The van der Waals surface area contributed by atoms with E-state index in [2.05, 4.69) is 39.0 Å². The zero-order valence-corrected chi connectivity index (χ0v) is 14.9. The third kappa shape index (κ3) is 4.18. The normalized spacial score (nSPS) is 21.8. The highest BCUT2D eigenvalue weighted by atomic mass is 16.2. The Balaban J connectivity index is 1.58. The van der Waals surface area contributed by atoms with Gasteiger partial charge in [0.25, 0.3) is 0 Å². The minimum atomic E-state index is 0.161. The fourth-order valence-corrected chi connectivity index (χ4v) is 3.73. The molecule has 24 heavy (non-hydrogen) atoms. The molecule has 0 aromatic heterocycles. The van der Waals surface area contributed by atoms with E-state index in [1.807, 2.05) is 20.2 Å². The van der Waals surface area contributed by atoms with Crippen LogP contribution in [0.1, 0.15) is 31.2 Å². The van der Waals surface area contributed by atoms with Crippen LogP contribution in [0.5, 0.6) is 0 Å². The zero-order chi connectivity index (χ0) is 16.9. The fraction of sp³-hybridized carbons (Fsp3) is 0.550. The molecule has 1 amide bonds. The summed E-state index contributed by atoms with van der Waals surface area (Å²) in [6.45, 7) is 4.36. The van der Waals surface area contributed by atoms with Gasteiger partial charge in [-0.1, -0.05) is 12.1 Å². The van der Waals surface area contributed by atoms with Gasteiger partial charge in [-0.3, -0.25) is 4.79 Å². The van der Waals surface area contributed by atoms with E-state index in [0.717, 1.165) is 31.5 Å². The van der Waals surface area contributed by atoms with Crippen molar-refractivity contribution in [3.63, 3.8) is 0 Å². The molecule has 2 fully saturated rings. The largest absolute Gasteiger partial charge is 0.378 e. The van der Waals surface area contributed by atoms with E-state index in [9.17, 15) is 4.79 Å². The first kappa shape index (κ1) is 17.0. The van der Waals surface area contributed by atoms with Crippen LogP contribution < -0.4 is 4.90 Å². The minimum absolute atomic E-state index is 0.161. The molecule has 2 saturated heterocycles. The Morgan fingerprint density at radius 1 is 1.12 bits per heavy atom. The number of nitrogens with zero attached hydrogens (tertiary/aromatic N) is 3. The Kier molecular flexibility index (Phi) is 5.56. The van der Waals surface area contributed by atoms with Gasteiger partial charge in [0.2, 0.25) is 5.91 Å². The van der Waals surface area contributed by atoms with E-state index in [-0.39, 0.29) is 5.91 Å². The van der Waals surface area contributed by atoms with Crippen LogP contribution in [0.2, 0.25) is 0 Å². The summed E-state index contributed by atoms with van der Waals surface area (Å²) in [6, 6.07) is 8.68. The summed E-state index contributed by atoms with van der Waals surface area (Å²) in [6.07, 6.45) is 8.58. The molecule has 0 spiro atoms. The Morgan fingerprint density at radius 3 is 2.50 bits per heavy atom. The molecular formula is C20H29N3O. The summed E-state index contributed by atoms with van der Waals surface area (Å²) in [4.78, 5) is 19.3. The number of anilines is 1. The van der Waals surface area contributed by atoms with Gasteiger partial charge in [-0.15, -0.1) is 0 Å². The van der Waals surface area contributed by atoms with Crippen LogP contribution >= 0.6 is 0 Å². The number of likely N-dealkylation sites (tertiary alicyclic amines) is 2. The molecule has 0 N–H and O–H groups in total. The van der Waals surface area contributed by atoms with Crippen LogP contribution in [-0.2, 0) is 4.79 Å². The first-order chi connectivity index (χ1) is 11.6. The second-order valence-electron chi connectivity index (χ2n) is 7.15. The Bertz CT molecular complexity index is 573. The third-order valence-corrected chi connectivity index (χ3v) is 5.16. The third-order valence-electron chi connectivity index (χ3n) is 5.16. The van der Waals surface area contributed by atoms with Gasteiger partial charge in [0, 0.05) is 45.0 Å². The zero-order valence-electron chi connectivity index (χ0n) is 14.9. The summed E-state index contributed by atoms with van der Waals surface area (Å²) in [7, 11) is 4.06. The van der Waals surface area contributed by atoms with E-state index in [1.54, 1.807) is 6.08 Å². The monoisotopic (exact) mass is 327 g/mol. The van der Waals surface area contributed by atoms with Crippen LogP contribution in [0.15, 0.2) is 30.3 Å². The highest BCUT2D eigenvalue weighted by Gasteiger charge is 2.29. The lowest BCUT2D eigenvalue weighted by Crippen LogP contribution is -2.41. The number of carbonyl (C=O) groups is 1. The molecule has 3 rings (SSSR count). The first-order valence-electron chi connectivity index (χ1n) is 9.12. The van der Waals surface area contributed by atoms with Crippen molar-refractivity contribution in [3.8, 4) is 0 Å². The van der Waals surface area contributed by atoms with Gasteiger partial charge < -0.3 is 14.7 Å². The predicted octanol–water partition coefficient (Wildman–Crippen LogP) is 2.85. The van der Waals surface area contributed by atoms with E-state index < -0.39 is 0 Å². The van der Waals surface area contributed by atoms with Crippen LogP contribution in [0, 0.1) is 0 Å². The predicted molar refractivity (Wildman–Crippen MR) is 100 cm³/mol. The van der Waals surface area contributed by atoms with Crippen LogP contribution in [0.4, 0.5) is 5.69 Å². The van der Waals surface area contributed by atoms with Crippen molar-refractivity contribution in [2.24, 2.45) is 0 Å². The maximum absolute atomic E-state index is 12.6. The van der Waals surface area contributed by atoms with Crippen molar-refractivity contribution in [1.29, 1.82) is 0 Å². The standard InChI is InChI=1S/C20H29N3O/c1-21(2)18-10-7-17(8-11-18)9-12-20(24)23-15-5-6-19(23)16-22-13-3-4-14-22/h7-12,19H,3-6,13-16H2,1-2H3/b12-9+. The van der Waals surface area contributed by atoms with Gasteiger partial charge in [0.15, 0.2) is 0 Å². The molecule has 1 aromatic rings. The van der Waals surface area contributed by atoms with Gasteiger partial charge in [0.05, 0.1) is 0 Å². The molecule has 130 valence electrons. The van der Waals surface area contributed by atoms with E-state index in [0.29, 0.717) is 6.04 Å². The van der Waals surface area contributed by atoms with E-state index in [4.69, 9.17) is 0 Å². The molecule has 0 aliphatic carbocycles. The van der Waals surface area contributed by atoms with Crippen molar-refractivity contribution in [2.45, 2.75) is 31.7 Å². The summed E-state index contributed by atoms with van der Waals surface area (Å²) in [5.41, 5.74) is 2.24. The number of carbonyl (C=O) groups excluding carboxylic acids is 1. The Hall–Kier alpha value is -1.81. The highest BCUT2D eigenvalue weighted by Crippen LogP contribution is 2.21. The Labute approximate surface area is 145 Å². The molecular weight excluding hydrogens is 298 g/mol. The second-order valence-corrected chi connectivity index (χ2v) is 7.15. The second kappa shape index (κ2) is 7.84. The van der Waals surface area contributed by atoms with Crippen molar-refractivity contribution in [1.82, 2.24) is 9.80 Å². The van der Waals surface area contributed by atoms with E-state index >= 15 is 0 Å². The van der Waals surface area contributed by atoms with Gasteiger partial charge >= 0.3 is 0 Å². The molecule has 0 radical (unpaired) electrons. The lowest BCUT2D eigenvalue weighted by Gasteiger charge is -2.27. The van der Waals surface area contributed by atoms with E-state index in [1.165, 1.54) is 31.6 Å². The van der Waals surface area contributed by atoms with Gasteiger partial charge in [-0.2, -0.15) is 0 Å². The number of amides is 1. The molecule has 0 bridgehead atoms. The lowest BCUT2D eigenvalue weighted by atomic mass is 10.1. The van der Waals surface area contributed by atoms with Gasteiger partial charge in [-0.05, 0) is 62.5 Å². The summed E-state index contributed by atoms with van der Waals surface area (Å²) < 4.78 is 0. The smallest absolute Gasteiger partial charge is 0.246 e. The molecule has 4 nitrogen and oxygen atoms in total. The average Bonchev–Trinajstić information content (AvgIpc) is 3.25. The molecule has 1 aromatic carbocycles. The number of rotatable bonds is 5. The van der Waals surface area contributed by atoms with Crippen molar-refractivity contribution >= 4 is 17.7 Å². The lowest BCUT2D eigenvalue weighted by molar-refractivity contribution is -0.127. The quantitative estimate of drug-likeness (QED) is 0.778. The summed E-state index contributed by atoms with van der Waals surface area (Å²) in [5.74, 6) is 0.161. The molecule has 0 saturated carbocycles. The topological polar surface area (TPSA) is 26.8 Å².